The second kappa shape index (κ2) is 4.80. The number of hydrogen-bond donors (Lipinski definition) is 0. The Kier molecular flexibility index (Phi) is 3.69. The first-order valence-corrected chi connectivity index (χ1v) is 4.79. The summed E-state index contributed by atoms with van der Waals surface area (Å²) in [5, 5.41) is 0. The molecular weight excluding hydrogens is 160 g/mol. The molecule has 0 saturated carbocycles. The molecule has 0 spiro atoms. The molecule has 0 radical (unpaired) electrons. The third kappa shape index (κ3) is 2.41. The topological polar surface area (TPSA) is 17.1 Å². The summed E-state index contributed by atoms with van der Waals surface area (Å²) in [5.74, 6) is 0.492. The third-order valence-electron chi connectivity index (χ3n) is 2.59. The zero-order valence-electron chi connectivity index (χ0n) is 8.23. The zero-order valence-corrected chi connectivity index (χ0v) is 8.23. The molecule has 0 aliphatic rings. The maximum atomic E-state index is 10.9. The van der Waals surface area contributed by atoms with Gasteiger partial charge in [-0.25, -0.2) is 0 Å². The van der Waals surface area contributed by atoms with Crippen molar-refractivity contribution in [1.82, 2.24) is 0 Å². The molecule has 0 aliphatic heterocycles. The van der Waals surface area contributed by atoms with Crippen LogP contribution in [0.5, 0.6) is 0 Å². The lowest BCUT2D eigenvalue weighted by atomic mass is 9.87. The van der Waals surface area contributed by atoms with E-state index in [0.29, 0.717) is 5.92 Å². The van der Waals surface area contributed by atoms with Crippen molar-refractivity contribution >= 4 is 6.29 Å². The van der Waals surface area contributed by atoms with Gasteiger partial charge in [0.25, 0.3) is 0 Å². The minimum absolute atomic E-state index is 0.0613. The van der Waals surface area contributed by atoms with Crippen LogP contribution < -0.4 is 0 Å². The lowest BCUT2D eigenvalue weighted by Crippen LogP contribution is -2.10. The summed E-state index contributed by atoms with van der Waals surface area (Å²) in [5.41, 5.74) is 1.13. The van der Waals surface area contributed by atoms with E-state index in [9.17, 15) is 4.79 Å². The molecule has 0 N–H and O–H groups in total. The minimum atomic E-state index is 0.0613. The molecule has 1 unspecified atom stereocenters. The molecule has 70 valence electrons. The molecule has 0 amide bonds. The van der Waals surface area contributed by atoms with E-state index < -0.39 is 0 Å². The fraction of sp³-hybridized carbons (Fsp3) is 0.417. The quantitative estimate of drug-likeness (QED) is 0.644. The van der Waals surface area contributed by atoms with Gasteiger partial charge in [0.05, 0.1) is 0 Å². The number of rotatable bonds is 4. The van der Waals surface area contributed by atoms with Crippen molar-refractivity contribution in [3.8, 4) is 0 Å². The van der Waals surface area contributed by atoms with Crippen LogP contribution in [0, 0.1) is 5.92 Å². The Balaban J connectivity index is 2.84. The van der Waals surface area contributed by atoms with Crippen molar-refractivity contribution in [2.75, 3.05) is 0 Å². The highest BCUT2D eigenvalue weighted by Crippen LogP contribution is 2.24. The highest BCUT2D eigenvalue weighted by Gasteiger charge is 2.16. The number of benzene rings is 1. The predicted molar refractivity (Wildman–Crippen MR) is 54.7 cm³/mol. The number of carbonyl (C=O) groups excluding carboxylic acids is 1. The van der Waals surface area contributed by atoms with Crippen molar-refractivity contribution in [3.05, 3.63) is 35.9 Å². The van der Waals surface area contributed by atoms with E-state index in [0.717, 1.165) is 18.3 Å². The Morgan fingerprint density at radius 3 is 2.38 bits per heavy atom. The van der Waals surface area contributed by atoms with Crippen LogP contribution in [-0.4, -0.2) is 6.29 Å². The SMILES string of the molecule is CCC(C)[C@H](C=O)c1ccccc1. The third-order valence-corrected chi connectivity index (χ3v) is 2.59. The van der Waals surface area contributed by atoms with Crippen LogP contribution in [-0.2, 0) is 4.79 Å². The Labute approximate surface area is 79.8 Å². The summed E-state index contributed by atoms with van der Waals surface area (Å²) in [7, 11) is 0. The van der Waals surface area contributed by atoms with E-state index in [1.54, 1.807) is 0 Å². The Bertz CT molecular complexity index is 253. The maximum absolute atomic E-state index is 10.9. The summed E-state index contributed by atoms with van der Waals surface area (Å²) in [6, 6.07) is 9.97. The van der Waals surface area contributed by atoms with Crippen molar-refractivity contribution in [1.29, 1.82) is 0 Å². The molecule has 1 aromatic carbocycles. The summed E-state index contributed by atoms with van der Waals surface area (Å²) in [6.07, 6.45) is 2.10. The number of carbonyl (C=O) groups is 1. The van der Waals surface area contributed by atoms with Crippen LogP contribution >= 0.6 is 0 Å². The summed E-state index contributed by atoms with van der Waals surface area (Å²) in [6.45, 7) is 4.23. The molecule has 0 heterocycles. The standard InChI is InChI=1S/C12H16O/c1-3-10(2)12(9-13)11-7-5-4-6-8-11/h4-10,12H,3H2,1-2H3/t10?,12-/m0/s1. The molecule has 1 aromatic rings. The molecule has 0 bridgehead atoms. The minimum Gasteiger partial charge on any atom is -0.303 e. The summed E-state index contributed by atoms with van der Waals surface area (Å²) >= 11 is 0. The van der Waals surface area contributed by atoms with Crippen LogP contribution in [0.4, 0.5) is 0 Å². The summed E-state index contributed by atoms with van der Waals surface area (Å²) in [4.78, 5) is 10.9. The highest BCUT2D eigenvalue weighted by molar-refractivity contribution is 5.62. The smallest absolute Gasteiger partial charge is 0.127 e. The van der Waals surface area contributed by atoms with Gasteiger partial charge in [-0.1, -0.05) is 50.6 Å². The predicted octanol–water partition coefficient (Wildman–Crippen LogP) is 3.02. The normalized spacial score (nSPS) is 14.9. The molecule has 1 heteroatoms. The molecule has 0 fully saturated rings. The van der Waals surface area contributed by atoms with Gasteiger partial charge in [0.1, 0.15) is 6.29 Å². The molecule has 1 rings (SSSR count). The Hall–Kier alpha value is -1.11. The first-order valence-electron chi connectivity index (χ1n) is 4.79. The first-order chi connectivity index (χ1) is 6.29. The van der Waals surface area contributed by atoms with Crippen molar-refractivity contribution in [3.63, 3.8) is 0 Å². The Morgan fingerprint density at radius 2 is 1.92 bits per heavy atom. The van der Waals surface area contributed by atoms with Crippen LogP contribution in [0.2, 0.25) is 0 Å². The average molecular weight is 176 g/mol. The molecule has 1 nitrogen and oxygen atoms in total. The largest absolute Gasteiger partial charge is 0.303 e. The highest BCUT2D eigenvalue weighted by atomic mass is 16.1. The van der Waals surface area contributed by atoms with Gasteiger partial charge in [-0.05, 0) is 11.5 Å². The van der Waals surface area contributed by atoms with Crippen LogP contribution in [0.3, 0.4) is 0 Å². The molecule has 2 atom stereocenters. The maximum Gasteiger partial charge on any atom is 0.127 e. The molecule has 13 heavy (non-hydrogen) atoms. The van der Waals surface area contributed by atoms with Gasteiger partial charge in [0.2, 0.25) is 0 Å². The van der Waals surface area contributed by atoms with Gasteiger partial charge < -0.3 is 4.79 Å². The van der Waals surface area contributed by atoms with E-state index in [4.69, 9.17) is 0 Å². The monoisotopic (exact) mass is 176 g/mol. The molecule has 0 aromatic heterocycles. The van der Waals surface area contributed by atoms with Gasteiger partial charge in [0.15, 0.2) is 0 Å². The lowest BCUT2D eigenvalue weighted by Gasteiger charge is -2.16. The van der Waals surface area contributed by atoms with Gasteiger partial charge in [-0.2, -0.15) is 0 Å². The fourth-order valence-corrected chi connectivity index (χ4v) is 1.47. The van der Waals surface area contributed by atoms with E-state index in [1.165, 1.54) is 0 Å². The lowest BCUT2D eigenvalue weighted by molar-refractivity contribution is -0.110. The van der Waals surface area contributed by atoms with E-state index in [1.807, 2.05) is 30.3 Å². The molecular formula is C12H16O. The Morgan fingerprint density at radius 1 is 1.31 bits per heavy atom. The number of aldehydes is 1. The van der Waals surface area contributed by atoms with Gasteiger partial charge >= 0.3 is 0 Å². The van der Waals surface area contributed by atoms with Gasteiger partial charge in [-0.15, -0.1) is 0 Å². The van der Waals surface area contributed by atoms with Crippen molar-refractivity contribution < 1.29 is 4.79 Å². The van der Waals surface area contributed by atoms with E-state index in [-0.39, 0.29) is 5.92 Å². The molecule has 0 aliphatic carbocycles. The summed E-state index contributed by atoms with van der Waals surface area (Å²) < 4.78 is 0. The van der Waals surface area contributed by atoms with E-state index >= 15 is 0 Å². The van der Waals surface area contributed by atoms with Crippen LogP contribution in [0.1, 0.15) is 31.7 Å². The van der Waals surface area contributed by atoms with Gasteiger partial charge in [-0.3, -0.25) is 0 Å². The zero-order chi connectivity index (χ0) is 9.68. The fourth-order valence-electron chi connectivity index (χ4n) is 1.47. The second-order valence-electron chi connectivity index (χ2n) is 3.46. The number of hydrogen-bond acceptors (Lipinski definition) is 1. The second-order valence-corrected chi connectivity index (χ2v) is 3.46. The molecule has 0 saturated heterocycles. The average Bonchev–Trinajstić information content (AvgIpc) is 2.20. The van der Waals surface area contributed by atoms with E-state index in [2.05, 4.69) is 13.8 Å². The first kappa shape index (κ1) is 9.97. The van der Waals surface area contributed by atoms with Gasteiger partial charge in [0, 0.05) is 5.92 Å². The van der Waals surface area contributed by atoms with Crippen molar-refractivity contribution in [2.24, 2.45) is 5.92 Å². The van der Waals surface area contributed by atoms with Crippen LogP contribution in [0.25, 0.3) is 0 Å². The van der Waals surface area contributed by atoms with Crippen LogP contribution in [0.15, 0.2) is 30.3 Å². The van der Waals surface area contributed by atoms with Crippen molar-refractivity contribution in [2.45, 2.75) is 26.2 Å².